The number of aliphatic hydroxyl groups is 1. The van der Waals surface area contributed by atoms with Crippen LogP contribution in [0.2, 0.25) is 0 Å². The molecule has 4 nitrogen and oxygen atoms in total. The van der Waals surface area contributed by atoms with Gasteiger partial charge in [-0.2, -0.15) is 0 Å². The van der Waals surface area contributed by atoms with Crippen molar-refractivity contribution in [3.63, 3.8) is 0 Å². The average molecular weight is 450 g/mol. The summed E-state index contributed by atoms with van der Waals surface area (Å²) < 4.78 is 5.35. The molecule has 2 rings (SSSR count). The average Bonchev–Trinajstić information content (AvgIpc) is 2.70. The van der Waals surface area contributed by atoms with E-state index >= 15 is 0 Å². The topological polar surface area (TPSA) is 38.3 Å². The number of aliphatic hydroxyl groups excluding tert-OH is 1. The van der Waals surface area contributed by atoms with E-state index in [2.05, 4.69) is 25.1 Å². The Morgan fingerprint density at radius 3 is 2.17 bits per heavy atom. The number of halogens is 2. The van der Waals surface area contributed by atoms with Crippen molar-refractivity contribution in [3.8, 4) is 5.75 Å². The Morgan fingerprint density at radius 2 is 1.55 bits per heavy atom. The van der Waals surface area contributed by atoms with E-state index in [9.17, 15) is 5.11 Å². The maximum atomic E-state index is 10.4. The highest BCUT2D eigenvalue weighted by Gasteiger charge is 2.26. The second-order valence-electron chi connectivity index (χ2n) is 8.21. The van der Waals surface area contributed by atoms with Gasteiger partial charge in [0, 0.05) is 6.07 Å². The molecule has 1 atom stereocenters. The summed E-state index contributed by atoms with van der Waals surface area (Å²) in [6, 6.07) is 8.43. The van der Waals surface area contributed by atoms with Gasteiger partial charge in [-0.3, -0.25) is 4.90 Å². The maximum Gasteiger partial charge on any atom is 0.135 e. The van der Waals surface area contributed by atoms with Gasteiger partial charge in [-0.15, -0.1) is 0 Å². The molecule has 1 saturated heterocycles. The minimum atomic E-state index is -0.126. The van der Waals surface area contributed by atoms with E-state index in [1.54, 1.807) is 12.0 Å². The Labute approximate surface area is 190 Å². The summed E-state index contributed by atoms with van der Waals surface area (Å²) in [5.41, 5.74) is 1.33. The van der Waals surface area contributed by atoms with Crippen molar-refractivity contribution in [2.24, 2.45) is 0 Å². The van der Waals surface area contributed by atoms with Crippen LogP contribution in [0.15, 0.2) is 24.3 Å². The molecule has 0 bridgehead atoms. The number of nitrogens with one attached hydrogen (secondary N) is 2. The number of rotatable bonds is 13. The summed E-state index contributed by atoms with van der Waals surface area (Å²) in [5.74, 6) is 0.940. The largest absolute Gasteiger partial charge is 1.00 e. The van der Waals surface area contributed by atoms with Crippen molar-refractivity contribution in [2.45, 2.75) is 70.8 Å². The summed E-state index contributed by atoms with van der Waals surface area (Å²) in [7, 11) is 1.73. The monoisotopic (exact) mass is 448 g/mol. The molecule has 1 aliphatic rings. The van der Waals surface area contributed by atoms with E-state index in [1.165, 1.54) is 62.0 Å². The highest BCUT2D eigenvalue weighted by Crippen LogP contribution is 2.13. The van der Waals surface area contributed by atoms with Gasteiger partial charge in [-0.1, -0.05) is 64.4 Å². The number of methoxy groups -OCH3 is 1. The van der Waals surface area contributed by atoms with Crippen LogP contribution in [0.25, 0.3) is 0 Å². The number of unbranched alkanes of at least 4 members (excludes halogenated alkanes) is 7. The highest BCUT2D eigenvalue weighted by atomic mass is 35.5. The predicted molar refractivity (Wildman–Crippen MR) is 112 cm³/mol. The van der Waals surface area contributed by atoms with Crippen LogP contribution in [0.4, 0.5) is 5.69 Å². The van der Waals surface area contributed by atoms with Gasteiger partial charge in [-0.05, 0) is 18.6 Å². The fourth-order valence-corrected chi connectivity index (χ4v) is 4.19. The summed E-state index contributed by atoms with van der Waals surface area (Å²) in [4.78, 5) is 3.10. The highest BCUT2D eigenvalue weighted by molar-refractivity contribution is 5.37. The molecule has 1 unspecified atom stereocenters. The smallest absolute Gasteiger partial charge is 0.135 e. The zero-order valence-corrected chi connectivity index (χ0v) is 19.9. The molecule has 170 valence electrons. The third-order valence-corrected chi connectivity index (χ3v) is 5.95. The van der Waals surface area contributed by atoms with Crippen molar-refractivity contribution < 1.29 is 44.5 Å². The molecule has 1 aromatic rings. The second kappa shape index (κ2) is 17.2. The SMILES string of the molecule is CCCCCCCCCCC(O)C[NH+]1CC[NH+](c2cccc(OC)c2)CC1.[Cl-].[Cl-]. The molecule has 1 heterocycles. The number of ether oxygens (including phenoxy) is 1. The Bertz CT molecular complexity index is 511. The molecule has 0 aromatic heterocycles. The van der Waals surface area contributed by atoms with E-state index in [0.717, 1.165) is 44.9 Å². The lowest BCUT2D eigenvalue weighted by Gasteiger charge is -2.30. The molecule has 29 heavy (non-hydrogen) atoms. The lowest BCUT2D eigenvalue weighted by atomic mass is 10.1. The molecular weight excluding hydrogens is 407 g/mol. The number of quaternary nitrogens is 2. The van der Waals surface area contributed by atoms with Gasteiger partial charge < -0.3 is 39.6 Å². The maximum absolute atomic E-state index is 10.4. The van der Waals surface area contributed by atoms with Crippen molar-refractivity contribution in [2.75, 3.05) is 39.8 Å². The van der Waals surface area contributed by atoms with Crippen LogP contribution >= 0.6 is 0 Å². The Balaban J connectivity index is 0.00000392. The van der Waals surface area contributed by atoms with Crippen LogP contribution in [0.5, 0.6) is 5.75 Å². The number of piperazine rings is 1. The van der Waals surface area contributed by atoms with E-state index in [0.29, 0.717) is 0 Å². The molecule has 0 saturated carbocycles. The summed E-state index contributed by atoms with van der Waals surface area (Å²) in [6.07, 6.45) is 11.5. The van der Waals surface area contributed by atoms with Gasteiger partial charge in [0.15, 0.2) is 0 Å². The molecule has 0 spiro atoms. The van der Waals surface area contributed by atoms with Crippen molar-refractivity contribution in [3.05, 3.63) is 24.3 Å². The standard InChI is InChI=1S/C23H40N2O2.2ClH/c1-3-4-5-6-7-8-9-10-13-22(26)20-24-15-17-25(18-16-24)21-12-11-14-23(19-21)27-2;;/h11-12,14,19,22,26H,3-10,13,15-18,20H2,1-2H3;2*1H. The fraction of sp³-hybridized carbons (Fsp3) is 0.739. The Morgan fingerprint density at radius 1 is 0.931 bits per heavy atom. The lowest BCUT2D eigenvalue weighted by Crippen LogP contribution is -3.26. The molecule has 0 radical (unpaired) electrons. The van der Waals surface area contributed by atoms with Gasteiger partial charge in [0.2, 0.25) is 0 Å². The fourth-order valence-electron chi connectivity index (χ4n) is 4.19. The molecule has 6 heteroatoms. The van der Waals surface area contributed by atoms with Gasteiger partial charge in [0.1, 0.15) is 50.3 Å². The third kappa shape index (κ3) is 11.4. The summed E-state index contributed by atoms with van der Waals surface area (Å²) >= 11 is 0. The first-order chi connectivity index (χ1) is 13.2. The van der Waals surface area contributed by atoms with E-state index < -0.39 is 0 Å². The van der Waals surface area contributed by atoms with Gasteiger partial charge in [0.25, 0.3) is 0 Å². The minimum Gasteiger partial charge on any atom is -1.00 e. The lowest BCUT2D eigenvalue weighted by molar-refractivity contribution is -0.988. The summed E-state index contributed by atoms with van der Waals surface area (Å²) in [5, 5.41) is 10.4. The molecule has 1 fully saturated rings. The molecule has 1 aliphatic heterocycles. The Kier molecular flexibility index (Phi) is 16.9. The number of benzene rings is 1. The van der Waals surface area contributed by atoms with Gasteiger partial charge >= 0.3 is 0 Å². The first-order valence-corrected chi connectivity index (χ1v) is 11.2. The van der Waals surface area contributed by atoms with Crippen LogP contribution in [0, 0.1) is 0 Å². The quantitative estimate of drug-likeness (QED) is 0.269. The van der Waals surface area contributed by atoms with Crippen LogP contribution < -0.4 is 39.4 Å². The van der Waals surface area contributed by atoms with E-state index in [1.807, 2.05) is 6.07 Å². The first-order valence-electron chi connectivity index (χ1n) is 11.2. The second-order valence-corrected chi connectivity index (χ2v) is 8.21. The van der Waals surface area contributed by atoms with Gasteiger partial charge in [0.05, 0.1) is 7.11 Å². The Hall–Kier alpha value is -0.520. The number of hydrogen-bond acceptors (Lipinski definition) is 2. The van der Waals surface area contributed by atoms with Crippen LogP contribution in [0.3, 0.4) is 0 Å². The number of hydrogen-bond donors (Lipinski definition) is 3. The minimum absolute atomic E-state index is 0. The van der Waals surface area contributed by atoms with Gasteiger partial charge in [-0.25, -0.2) is 0 Å². The van der Waals surface area contributed by atoms with E-state index in [-0.39, 0.29) is 30.9 Å². The molecular formula is C23H42Cl2N2O2. The molecule has 1 aromatic carbocycles. The molecule has 0 amide bonds. The normalized spacial score (nSPS) is 19.7. The molecule has 0 aliphatic carbocycles. The van der Waals surface area contributed by atoms with Crippen LogP contribution in [-0.2, 0) is 0 Å². The van der Waals surface area contributed by atoms with Crippen molar-refractivity contribution in [1.29, 1.82) is 0 Å². The first kappa shape index (κ1) is 28.5. The van der Waals surface area contributed by atoms with E-state index in [4.69, 9.17) is 4.74 Å². The predicted octanol–water partition coefficient (Wildman–Crippen LogP) is -3.99. The van der Waals surface area contributed by atoms with Crippen molar-refractivity contribution in [1.82, 2.24) is 0 Å². The molecule has 3 N–H and O–H groups in total. The zero-order chi connectivity index (χ0) is 19.3. The summed E-state index contributed by atoms with van der Waals surface area (Å²) in [6.45, 7) is 7.73. The van der Waals surface area contributed by atoms with Crippen LogP contribution in [0.1, 0.15) is 64.7 Å². The van der Waals surface area contributed by atoms with Crippen LogP contribution in [-0.4, -0.2) is 51.0 Å². The van der Waals surface area contributed by atoms with Crippen molar-refractivity contribution >= 4 is 5.69 Å². The zero-order valence-electron chi connectivity index (χ0n) is 18.4. The third-order valence-electron chi connectivity index (χ3n) is 5.95.